The molecule has 1 atom stereocenters. The summed E-state index contributed by atoms with van der Waals surface area (Å²) >= 11 is 0. The van der Waals surface area contributed by atoms with E-state index in [0.29, 0.717) is 12.4 Å². The lowest BCUT2D eigenvalue weighted by Gasteiger charge is -2.36. The minimum absolute atomic E-state index is 0.00203. The molecule has 0 saturated heterocycles. The van der Waals surface area contributed by atoms with Crippen molar-refractivity contribution in [3.63, 3.8) is 0 Å². The second kappa shape index (κ2) is 5.38. The molecule has 3 rings (SSSR count). The first-order valence-corrected chi connectivity index (χ1v) is 6.45. The summed E-state index contributed by atoms with van der Waals surface area (Å²) in [4.78, 5) is 6.40. The standard InChI is InChI=1S/C15H16N2O3/c1-19-12-6-7-15(16-8-12)17-11(9-18)10-20-14-5-3-2-4-13(14)17/h2-8,11,18H,9-10H2,1H3/t11-/m0/s1. The third kappa shape index (κ3) is 2.16. The SMILES string of the molecule is COc1ccc(N2c3ccccc3OC[C@@H]2CO)nc1. The summed E-state index contributed by atoms with van der Waals surface area (Å²) in [5, 5.41) is 9.57. The monoisotopic (exact) mass is 272 g/mol. The highest BCUT2D eigenvalue weighted by molar-refractivity contribution is 5.69. The lowest BCUT2D eigenvalue weighted by Crippen LogP contribution is -2.42. The van der Waals surface area contributed by atoms with Gasteiger partial charge in [-0.2, -0.15) is 0 Å². The van der Waals surface area contributed by atoms with Gasteiger partial charge in [-0.05, 0) is 24.3 Å². The molecule has 1 aliphatic rings. The van der Waals surface area contributed by atoms with Crippen LogP contribution in [0.5, 0.6) is 11.5 Å². The van der Waals surface area contributed by atoms with Crippen LogP contribution in [-0.2, 0) is 0 Å². The number of para-hydroxylation sites is 2. The largest absolute Gasteiger partial charge is 0.495 e. The van der Waals surface area contributed by atoms with Crippen LogP contribution in [0.1, 0.15) is 0 Å². The van der Waals surface area contributed by atoms with Gasteiger partial charge >= 0.3 is 0 Å². The number of aliphatic hydroxyl groups excluding tert-OH is 1. The molecule has 1 aromatic carbocycles. The molecule has 5 nitrogen and oxygen atoms in total. The van der Waals surface area contributed by atoms with Crippen LogP contribution < -0.4 is 14.4 Å². The summed E-state index contributed by atoms with van der Waals surface area (Å²) in [6.07, 6.45) is 1.67. The van der Waals surface area contributed by atoms with Gasteiger partial charge in [0.2, 0.25) is 0 Å². The highest BCUT2D eigenvalue weighted by Crippen LogP contribution is 2.38. The summed E-state index contributed by atoms with van der Waals surface area (Å²) in [5.41, 5.74) is 0.912. The number of benzene rings is 1. The highest BCUT2D eigenvalue weighted by atomic mass is 16.5. The maximum Gasteiger partial charge on any atom is 0.143 e. The summed E-state index contributed by atoms with van der Waals surface area (Å²) in [6, 6.07) is 11.3. The van der Waals surface area contributed by atoms with Crippen LogP contribution in [0.4, 0.5) is 11.5 Å². The fourth-order valence-electron chi connectivity index (χ4n) is 2.32. The molecule has 0 radical (unpaired) electrons. The van der Waals surface area contributed by atoms with E-state index in [-0.39, 0.29) is 12.6 Å². The lowest BCUT2D eigenvalue weighted by molar-refractivity contribution is 0.194. The molecule has 0 amide bonds. The number of pyridine rings is 1. The van der Waals surface area contributed by atoms with Crippen molar-refractivity contribution in [3.05, 3.63) is 42.6 Å². The average molecular weight is 272 g/mol. The predicted molar refractivity (Wildman–Crippen MR) is 75.7 cm³/mol. The molecule has 0 bridgehead atoms. The van der Waals surface area contributed by atoms with E-state index in [0.717, 1.165) is 17.3 Å². The number of hydrogen-bond acceptors (Lipinski definition) is 5. The fourth-order valence-corrected chi connectivity index (χ4v) is 2.32. The lowest BCUT2D eigenvalue weighted by atomic mass is 10.1. The van der Waals surface area contributed by atoms with Gasteiger partial charge < -0.3 is 19.5 Å². The molecular weight excluding hydrogens is 256 g/mol. The van der Waals surface area contributed by atoms with E-state index in [4.69, 9.17) is 9.47 Å². The van der Waals surface area contributed by atoms with Crippen molar-refractivity contribution >= 4 is 11.5 Å². The Balaban J connectivity index is 2.03. The molecule has 2 aromatic rings. The Bertz CT molecular complexity index is 586. The Morgan fingerprint density at radius 2 is 2.20 bits per heavy atom. The van der Waals surface area contributed by atoms with Crippen LogP contribution in [0.2, 0.25) is 0 Å². The van der Waals surface area contributed by atoms with Gasteiger partial charge in [0, 0.05) is 0 Å². The number of ether oxygens (including phenoxy) is 2. The second-order valence-electron chi connectivity index (χ2n) is 4.54. The van der Waals surface area contributed by atoms with Crippen LogP contribution in [-0.4, -0.2) is 36.5 Å². The zero-order valence-corrected chi connectivity index (χ0v) is 11.2. The number of anilines is 2. The Hall–Kier alpha value is -2.27. The number of nitrogens with zero attached hydrogens (tertiary/aromatic N) is 2. The summed E-state index contributed by atoms with van der Waals surface area (Å²) in [5.74, 6) is 2.27. The van der Waals surface area contributed by atoms with Crippen molar-refractivity contribution in [1.29, 1.82) is 0 Å². The minimum atomic E-state index is -0.147. The second-order valence-corrected chi connectivity index (χ2v) is 4.54. The molecule has 0 saturated carbocycles. The summed E-state index contributed by atoms with van der Waals surface area (Å²) < 4.78 is 10.8. The van der Waals surface area contributed by atoms with E-state index in [1.807, 2.05) is 41.3 Å². The number of aromatic nitrogens is 1. The number of rotatable bonds is 3. The van der Waals surface area contributed by atoms with Gasteiger partial charge in [0.25, 0.3) is 0 Å². The quantitative estimate of drug-likeness (QED) is 0.926. The van der Waals surface area contributed by atoms with Crippen molar-refractivity contribution in [3.8, 4) is 11.5 Å². The van der Waals surface area contributed by atoms with Crippen LogP contribution >= 0.6 is 0 Å². The van der Waals surface area contributed by atoms with Crippen LogP contribution in [0.25, 0.3) is 0 Å². The van der Waals surface area contributed by atoms with Crippen molar-refractivity contribution < 1.29 is 14.6 Å². The first-order valence-electron chi connectivity index (χ1n) is 6.45. The Labute approximate surface area is 117 Å². The topological polar surface area (TPSA) is 54.8 Å². The van der Waals surface area contributed by atoms with Gasteiger partial charge in [0.05, 0.1) is 31.6 Å². The molecule has 104 valence electrons. The Kier molecular flexibility index (Phi) is 3.43. The third-order valence-corrected chi connectivity index (χ3v) is 3.34. The molecule has 2 heterocycles. The average Bonchev–Trinajstić information content (AvgIpc) is 2.54. The number of aliphatic hydroxyl groups is 1. The highest BCUT2D eigenvalue weighted by Gasteiger charge is 2.28. The maximum atomic E-state index is 9.57. The van der Waals surface area contributed by atoms with Crippen molar-refractivity contribution in [2.24, 2.45) is 0 Å². The molecule has 1 aliphatic heterocycles. The number of hydrogen-bond donors (Lipinski definition) is 1. The third-order valence-electron chi connectivity index (χ3n) is 3.34. The molecular formula is C15H16N2O3. The van der Waals surface area contributed by atoms with E-state index >= 15 is 0 Å². The van der Waals surface area contributed by atoms with Crippen molar-refractivity contribution in [2.75, 3.05) is 25.2 Å². The fraction of sp³-hybridized carbons (Fsp3) is 0.267. The first-order chi connectivity index (χ1) is 9.83. The molecule has 5 heteroatoms. The van der Waals surface area contributed by atoms with E-state index < -0.39 is 0 Å². The number of methoxy groups -OCH3 is 1. The smallest absolute Gasteiger partial charge is 0.143 e. The Morgan fingerprint density at radius 1 is 1.35 bits per heavy atom. The van der Waals surface area contributed by atoms with Gasteiger partial charge in [-0.15, -0.1) is 0 Å². The zero-order chi connectivity index (χ0) is 13.9. The molecule has 1 aromatic heterocycles. The molecule has 0 aliphatic carbocycles. The van der Waals surface area contributed by atoms with E-state index in [9.17, 15) is 5.11 Å². The summed E-state index contributed by atoms with van der Waals surface area (Å²) in [7, 11) is 1.61. The van der Waals surface area contributed by atoms with Gasteiger partial charge in [-0.1, -0.05) is 12.1 Å². The van der Waals surface area contributed by atoms with E-state index in [1.54, 1.807) is 13.3 Å². The van der Waals surface area contributed by atoms with Gasteiger partial charge in [0.1, 0.15) is 23.9 Å². The normalized spacial score (nSPS) is 17.3. The van der Waals surface area contributed by atoms with Crippen molar-refractivity contribution in [1.82, 2.24) is 4.98 Å². The first kappa shape index (κ1) is 12.7. The Morgan fingerprint density at radius 3 is 2.90 bits per heavy atom. The van der Waals surface area contributed by atoms with Gasteiger partial charge in [0.15, 0.2) is 0 Å². The van der Waals surface area contributed by atoms with Crippen LogP contribution in [0.3, 0.4) is 0 Å². The molecule has 1 N–H and O–H groups in total. The summed E-state index contributed by atoms with van der Waals surface area (Å²) in [6.45, 7) is 0.434. The number of fused-ring (bicyclic) bond motifs is 1. The van der Waals surface area contributed by atoms with Crippen LogP contribution in [0, 0.1) is 0 Å². The molecule has 0 spiro atoms. The van der Waals surface area contributed by atoms with E-state index in [1.165, 1.54) is 0 Å². The van der Waals surface area contributed by atoms with Crippen molar-refractivity contribution in [2.45, 2.75) is 6.04 Å². The molecule has 0 unspecified atom stereocenters. The maximum absolute atomic E-state index is 9.57. The predicted octanol–water partition coefficient (Wildman–Crippen LogP) is 1.98. The zero-order valence-electron chi connectivity index (χ0n) is 11.2. The minimum Gasteiger partial charge on any atom is -0.495 e. The molecule has 0 fully saturated rings. The van der Waals surface area contributed by atoms with Crippen LogP contribution in [0.15, 0.2) is 42.6 Å². The van der Waals surface area contributed by atoms with Gasteiger partial charge in [-0.25, -0.2) is 4.98 Å². The van der Waals surface area contributed by atoms with E-state index in [2.05, 4.69) is 4.98 Å². The molecule has 20 heavy (non-hydrogen) atoms. The van der Waals surface area contributed by atoms with Gasteiger partial charge in [-0.3, -0.25) is 0 Å².